The third kappa shape index (κ3) is 3.23. The Labute approximate surface area is 114 Å². The first-order valence-electron chi connectivity index (χ1n) is 5.57. The van der Waals surface area contributed by atoms with Crippen LogP contribution in [0, 0.1) is 5.82 Å². The number of azo groups is 1. The van der Waals surface area contributed by atoms with Crippen molar-refractivity contribution in [1.82, 2.24) is 0 Å². The summed E-state index contributed by atoms with van der Waals surface area (Å²) < 4.78 is 14.5. The second-order valence-electron chi connectivity index (χ2n) is 3.89. The molecule has 18 heavy (non-hydrogen) atoms. The molecule has 1 atom stereocenters. The van der Waals surface area contributed by atoms with Gasteiger partial charge in [0.15, 0.2) is 0 Å². The summed E-state index contributed by atoms with van der Waals surface area (Å²) >= 11 is 3.35. The van der Waals surface area contributed by atoms with Crippen LogP contribution in [0.15, 0.2) is 63.2 Å². The molecule has 0 fully saturated rings. The van der Waals surface area contributed by atoms with Crippen molar-refractivity contribution in [1.29, 1.82) is 0 Å². The topological polar surface area (TPSA) is 24.7 Å². The van der Waals surface area contributed by atoms with E-state index in [0.29, 0.717) is 5.56 Å². The van der Waals surface area contributed by atoms with Gasteiger partial charge in [-0.3, -0.25) is 0 Å². The Hall–Kier alpha value is -1.55. The van der Waals surface area contributed by atoms with Gasteiger partial charge in [0, 0.05) is 10.0 Å². The zero-order chi connectivity index (χ0) is 13.0. The van der Waals surface area contributed by atoms with Crippen LogP contribution in [0.1, 0.15) is 18.5 Å². The highest BCUT2D eigenvalue weighted by molar-refractivity contribution is 9.10. The molecular formula is C14H12BrFN2. The molecule has 0 amide bonds. The molecule has 0 aliphatic heterocycles. The highest BCUT2D eigenvalue weighted by Crippen LogP contribution is 2.23. The van der Waals surface area contributed by atoms with E-state index < -0.39 is 0 Å². The van der Waals surface area contributed by atoms with Gasteiger partial charge in [-0.15, -0.1) is 0 Å². The van der Waals surface area contributed by atoms with Gasteiger partial charge in [-0.1, -0.05) is 34.1 Å². The van der Waals surface area contributed by atoms with Gasteiger partial charge in [-0.25, -0.2) is 4.39 Å². The molecule has 0 heterocycles. The minimum Gasteiger partial charge on any atom is -0.207 e. The predicted molar refractivity (Wildman–Crippen MR) is 73.5 cm³/mol. The molecular weight excluding hydrogens is 295 g/mol. The number of nitrogens with zero attached hydrogens (tertiary/aromatic N) is 2. The van der Waals surface area contributed by atoms with Crippen molar-refractivity contribution in [3.63, 3.8) is 0 Å². The van der Waals surface area contributed by atoms with E-state index in [0.717, 1.165) is 10.2 Å². The van der Waals surface area contributed by atoms with Gasteiger partial charge in [-0.05, 0) is 37.3 Å². The Kier molecular flexibility index (Phi) is 4.20. The number of halogens is 2. The van der Waals surface area contributed by atoms with Crippen LogP contribution in [0.2, 0.25) is 0 Å². The second kappa shape index (κ2) is 5.87. The molecule has 0 N–H and O–H groups in total. The smallest absolute Gasteiger partial charge is 0.128 e. The molecule has 4 heteroatoms. The van der Waals surface area contributed by atoms with Crippen LogP contribution in [-0.4, -0.2) is 0 Å². The zero-order valence-electron chi connectivity index (χ0n) is 9.85. The van der Waals surface area contributed by atoms with Crippen molar-refractivity contribution in [2.75, 3.05) is 0 Å². The van der Waals surface area contributed by atoms with E-state index >= 15 is 0 Å². The first-order chi connectivity index (χ1) is 8.66. The summed E-state index contributed by atoms with van der Waals surface area (Å²) in [7, 11) is 0. The Morgan fingerprint density at radius 1 is 1.06 bits per heavy atom. The molecule has 92 valence electrons. The van der Waals surface area contributed by atoms with Gasteiger partial charge in [0.1, 0.15) is 5.82 Å². The lowest BCUT2D eigenvalue weighted by Gasteiger charge is -2.06. The quantitative estimate of drug-likeness (QED) is 0.675. The van der Waals surface area contributed by atoms with Crippen molar-refractivity contribution in [2.24, 2.45) is 10.2 Å². The molecule has 2 rings (SSSR count). The van der Waals surface area contributed by atoms with Crippen molar-refractivity contribution in [2.45, 2.75) is 13.0 Å². The maximum absolute atomic E-state index is 13.5. The fourth-order valence-electron chi connectivity index (χ4n) is 1.54. The van der Waals surface area contributed by atoms with Crippen molar-refractivity contribution >= 4 is 21.6 Å². The lowest BCUT2D eigenvalue weighted by molar-refractivity contribution is 0.588. The molecule has 0 radical (unpaired) electrons. The van der Waals surface area contributed by atoms with Crippen LogP contribution in [0.4, 0.5) is 10.1 Å². The summed E-state index contributed by atoms with van der Waals surface area (Å²) in [6.45, 7) is 1.82. The molecule has 0 saturated heterocycles. The third-order valence-corrected chi connectivity index (χ3v) is 3.06. The highest BCUT2D eigenvalue weighted by Gasteiger charge is 2.08. The van der Waals surface area contributed by atoms with Crippen LogP contribution in [0.5, 0.6) is 0 Å². The Morgan fingerprint density at radius 3 is 2.39 bits per heavy atom. The number of hydrogen-bond donors (Lipinski definition) is 0. The van der Waals surface area contributed by atoms with E-state index in [9.17, 15) is 4.39 Å². The van der Waals surface area contributed by atoms with Crippen molar-refractivity contribution in [3.8, 4) is 0 Å². The Morgan fingerprint density at radius 2 is 1.72 bits per heavy atom. The first kappa shape index (κ1) is 12.9. The van der Waals surface area contributed by atoms with E-state index in [2.05, 4.69) is 26.2 Å². The summed E-state index contributed by atoms with van der Waals surface area (Å²) in [4.78, 5) is 0. The summed E-state index contributed by atoms with van der Waals surface area (Å²) in [5.74, 6) is -0.250. The molecule has 0 aliphatic carbocycles. The normalized spacial score (nSPS) is 12.8. The van der Waals surface area contributed by atoms with Crippen LogP contribution in [0.25, 0.3) is 0 Å². The number of hydrogen-bond acceptors (Lipinski definition) is 2. The monoisotopic (exact) mass is 306 g/mol. The average molecular weight is 307 g/mol. The largest absolute Gasteiger partial charge is 0.207 e. The summed E-state index contributed by atoms with van der Waals surface area (Å²) in [6.07, 6.45) is 0. The maximum Gasteiger partial charge on any atom is 0.128 e. The summed E-state index contributed by atoms with van der Waals surface area (Å²) in [6, 6.07) is 13.8. The molecule has 0 aromatic heterocycles. The van der Waals surface area contributed by atoms with E-state index in [4.69, 9.17) is 0 Å². The van der Waals surface area contributed by atoms with Crippen molar-refractivity contribution in [3.05, 3.63) is 64.4 Å². The Balaban J connectivity index is 2.14. The zero-order valence-corrected chi connectivity index (χ0v) is 11.4. The van der Waals surface area contributed by atoms with E-state index in [1.165, 1.54) is 6.07 Å². The predicted octanol–water partition coefficient (Wildman–Crippen LogP) is 5.43. The van der Waals surface area contributed by atoms with Gasteiger partial charge in [-0.2, -0.15) is 10.2 Å². The Bertz CT molecular complexity index is 552. The standard InChI is InChI=1S/C14H12BrFN2/c1-10(13-4-2-3-5-14(13)16)17-18-12-8-6-11(15)7-9-12/h2-10H,1H3. The SMILES string of the molecule is CC(N=Nc1ccc(Br)cc1)c1ccccc1F. The minimum absolute atomic E-state index is 0.250. The molecule has 0 aliphatic rings. The first-order valence-corrected chi connectivity index (χ1v) is 6.37. The average Bonchev–Trinajstić information content (AvgIpc) is 2.38. The molecule has 0 saturated carbocycles. The molecule has 0 spiro atoms. The third-order valence-electron chi connectivity index (χ3n) is 2.53. The summed E-state index contributed by atoms with van der Waals surface area (Å²) in [5, 5.41) is 8.23. The molecule has 1 unspecified atom stereocenters. The van der Waals surface area contributed by atoms with Gasteiger partial charge < -0.3 is 0 Å². The fourth-order valence-corrected chi connectivity index (χ4v) is 1.80. The van der Waals surface area contributed by atoms with Crippen LogP contribution < -0.4 is 0 Å². The fraction of sp³-hybridized carbons (Fsp3) is 0.143. The van der Waals surface area contributed by atoms with Gasteiger partial charge in [0.25, 0.3) is 0 Å². The van der Waals surface area contributed by atoms with E-state index in [1.54, 1.807) is 18.2 Å². The number of rotatable bonds is 3. The van der Waals surface area contributed by atoms with Gasteiger partial charge in [0.2, 0.25) is 0 Å². The van der Waals surface area contributed by atoms with E-state index in [-0.39, 0.29) is 11.9 Å². The second-order valence-corrected chi connectivity index (χ2v) is 4.81. The van der Waals surface area contributed by atoms with Gasteiger partial charge >= 0.3 is 0 Å². The van der Waals surface area contributed by atoms with Crippen LogP contribution >= 0.6 is 15.9 Å². The lowest BCUT2D eigenvalue weighted by Crippen LogP contribution is -1.92. The molecule has 2 aromatic carbocycles. The maximum atomic E-state index is 13.5. The van der Waals surface area contributed by atoms with Crippen LogP contribution in [0.3, 0.4) is 0 Å². The molecule has 0 bridgehead atoms. The summed E-state index contributed by atoms with van der Waals surface area (Å²) in [5.41, 5.74) is 1.31. The lowest BCUT2D eigenvalue weighted by atomic mass is 10.1. The van der Waals surface area contributed by atoms with E-state index in [1.807, 2.05) is 31.2 Å². The van der Waals surface area contributed by atoms with Crippen LogP contribution in [-0.2, 0) is 0 Å². The molecule has 2 aromatic rings. The number of benzene rings is 2. The van der Waals surface area contributed by atoms with Crippen molar-refractivity contribution < 1.29 is 4.39 Å². The minimum atomic E-state index is -0.296. The molecule has 2 nitrogen and oxygen atoms in total. The van der Waals surface area contributed by atoms with Gasteiger partial charge in [0.05, 0.1) is 11.7 Å². The highest BCUT2D eigenvalue weighted by atomic mass is 79.9.